The van der Waals surface area contributed by atoms with Crippen molar-refractivity contribution >= 4 is 17.7 Å². The van der Waals surface area contributed by atoms with Gasteiger partial charge in [-0.25, -0.2) is 0 Å². The van der Waals surface area contributed by atoms with Gasteiger partial charge in [-0.3, -0.25) is 9.69 Å². The smallest absolute Gasteiger partial charge is 0.227 e. The van der Waals surface area contributed by atoms with Crippen LogP contribution in [0.4, 0.5) is 0 Å². The van der Waals surface area contributed by atoms with Gasteiger partial charge in [-0.2, -0.15) is 11.8 Å². The largest absolute Gasteiger partial charge is 0.341 e. The van der Waals surface area contributed by atoms with E-state index in [1.165, 1.54) is 23.5 Å². The van der Waals surface area contributed by atoms with Crippen molar-refractivity contribution in [2.75, 3.05) is 37.7 Å². The molecule has 0 radical (unpaired) electrons. The predicted octanol–water partition coefficient (Wildman–Crippen LogP) is 2.58. The van der Waals surface area contributed by atoms with E-state index >= 15 is 0 Å². The topological polar surface area (TPSA) is 23.6 Å². The summed E-state index contributed by atoms with van der Waals surface area (Å²) in [6, 6.07) is 9.05. The zero-order valence-electron chi connectivity index (χ0n) is 13.5. The molecule has 2 saturated heterocycles. The minimum Gasteiger partial charge on any atom is -0.341 e. The van der Waals surface area contributed by atoms with E-state index in [1.54, 1.807) is 0 Å². The molecule has 2 heterocycles. The van der Waals surface area contributed by atoms with Gasteiger partial charge in [-0.15, -0.1) is 0 Å². The van der Waals surface area contributed by atoms with Crippen molar-refractivity contribution in [2.24, 2.45) is 0 Å². The quantitative estimate of drug-likeness (QED) is 0.856. The fourth-order valence-corrected chi connectivity index (χ4v) is 4.73. The average molecular weight is 318 g/mol. The highest BCUT2D eigenvalue weighted by atomic mass is 32.2. The van der Waals surface area contributed by atoms with Gasteiger partial charge in [0.15, 0.2) is 0 Å². The third-order valence-corrected chi connectivity index (χ3v) is 5.89. The summed E-state index contributed by atoms with van der Waals surface area (Å²) in [4.78, 5) is 17.2. The molecule has 0 aliphatic carbocycles. The number of hydrogen-bond acceptors (Lipinski definition) is 3. The molecule has 120 valence electrons. The monoisotopic (exact) mass is 318 g/mol. The molecule has 22 heavy (non-hydrogen) atoms. The summed E-state index contributed by atoms with van der Waals surface area (Å²) in [5.41, 5.74) is 2.37. The lowest BCUT2D eigenvalue weighted by Crippen LogP contribution is -2.40. The Morgan fingerprint density at radius 2 is 2.18 bits per heavy atom. The van der Waals surface area contributed by atoms with E-state index in [9.17, 15) is 4.79 Å². The number of aryl methyl sites for hydroxylation is 1. The Morgan fingerprint density at radius 1 is 1.27 bits per heavy atom. The van der Waals surface area contributed by atoms with Crippen molar-refractivity contribution in [1.82, 2.24) is 9.80 Å². The second-order valence-electron chi connectivity index (χ2n) is 6.45. The van der Waals surface area contributed by atoms with E-state index in [0.29, 0.717) is 6.42 Å². The van der Waals surface area contributed by atoms with Crippen LogP contribution in [-0.4, -0.2) is 59.4 Å². The second-order valence-corrected chi connectivity index (χ2v) is 7.60. The van der Waals surface area contributed by atoms with Gasteiger partial charge in [0.2, 0.25) is 5.91 Å². The summed E-state index contributed by atoms with van der Waals surface area (Å²) >= 11 is 2.07. The molecule has 4 heteroatoms. The van der Waals surface area contributed by atoms with Crippen LogP contribution in [0.2, 0.25) is 0 Å². The lowest BCUT2D eigenvalue weighted by molar-refractivity contribution is -0.130. The number of thioether (sulfide) groups is 1. The second kappa shape index (κ2) is 7.51. The Hall–Kier alpha value is -1.00. The lowest BCUT2D eigenvalue weighted by Gasteiger charge is -2.26. The first kappa shape index (κ1) is 15.9. The molecular formula is C18H26N2OS. The Kier molecular flexibility index (Phi) is 5.42. The van der Waals surface area contributed by atoms with Crippen LogP contribution in [0.1, 0.15) is 24.0 Å². The summed E-state index contributed by atoms with van der Waals surface area (Å²) in [6.07, 6.45) is 2.98. The number of carbonyl (C=O) groups excluding carboxylic acids is 1. The highest BCUT2D eigenvalue weighted by molar-refractivity contribution is 7.99. The highest BCUT2D eigenvalue weighted by Crippen LogP contribution is 2.23. The van der Waals surface area contributed by atoms with Crippen LogP contribution in [0.15, 0.2) is 24.3 Å². The molecule has 1 aromatic carbocycles. The Morgan fingerprint density at radius 3 is 2.95 bits per heavy atom. The number of benzene rings is 1. The van der Waals surface area contributed by atoms with Gasteiger partial charge in [-0.05, 0) is 31.1 Å². The molecule has 2 fully saturated rings. The third kappa shape index (κ3) is 4.05. The van der Waals surface area contributed by atoms with Gasteiger partial charge >= 0.3 is 0 Å². The van der Waals surface area contributed by atoms with Gasteiger partial charge in [0, 0.05) is 38.0 Å². The number of nitrogens with zero attached hydrogens (tertiary/aromatic N) is 2. The van der Waals surface area contributed by atoms with Gasteiger partial charge < -0.3 is 4.90 Å². The minimum absolute atomic E-state index is 0.285. The summed E-state index contributed by atoms with van der Waals surface area (Å²) < 4.78 is 0. The molecular weight excluding hydrogens is 292 g/mol. The number of carbonyl (C=O) groups is 1. The van der Waals surface area contributed by atoms with Crippen molar-refractivity contribution in [3.05, 3.63) is 35.4 Å². The van der Waals surface area contributed by atoms with Crippen molar-refractivity contribution in [2.45, 2.75) is 32.2 Å². The molecule has 1 unspecified atom stereocenters. The summed E-state index contributed by atoms with van der Waals surface area (Å²) in [7, 11) is 0. The number of hydrogen-bond donors (Lipinski definition) is 0. The van der Waals surface area contributed by atoms with Gasteiger partial charge in [0.1, 0.15) is 0 Å². The standard InChI is InChI=1S/C18H26N2OS/c1-15-4-2-5-16(12-15)13-18(21)20-8-3-7-19(9-10-20)17-6-11-22-14-17/h2,4-5,12,17H,3,6-11,13-14H2,1H3. The van der Waals surface area contributed by atoms with Crippen LogP contribution in [-0.2, 0) is 11.2 Å². The Balaban J connectivity index is 1.54. The van der Waals surface area contributed by atoms with Crippen LogP contribution in [0.25, 0.3) is 0 Å². The van der Waals surface area contributed by atoms with E-state index in [0.717, 1.165) is 44.2 Å². The van der Waals surface area contributed by atoms with Crippen molar-refractivity contribution in [3.63, 3.8) is 0 Å². The molecule has 2 aliphatic rings. The van der Waals surface area contributed by atoms with Gasteiger partial charge in [-0.1, -0.05) is 29.8 Å². The molecule has 1 amide bonds. The lowest BCUT2D eigenvalue weighted by atomic mass is 10.1. The molecule has 1 atom stereocenters. The molecule has 0 bridgehead atoms. The minimum atomic E-state index is 0.285. The third-order valence-electron chi connectivity index (χ3n) is 4.74. The van der Waals surface area contributed by atoms with E-state index in [1.807, 2.05) is 6.07 Å². The van der Waals surface area contributed by atoms with Crippen molar-refractivity contribution in [3.8, 4) is 0 Å². The molecule has 3 rings (SSSR count). The highest BCUT2D eigenvalue weighted by Gasteiger charge is 2.26. The first-order chi connectivity index (χ1) is 10.7. The van der Waals surface area contributed by atoms with Crippen LogP contribution in [0, 0.1) is 6.92 Å². The molecule has 0 spiro atoms. The zero-order valence-corrected chi connectivity index (χ0v) is 14.3. The predicted molar refractivity (Wildman–Crippen MR) is 93.4 cm³/mol. The summed E-state index contributed by atoms with van der Waals surface area (Å²) in [6.45, 7) is 6.09. The van der Waals surface area contributed by atoms with Crippen LogP contribution in [0.3, 0.4) is 0 Å². The van der Waals surface area contributed by atoms with E-state index in [2.05, 4.69) is 46.7 Å². The normalized spacial score (nSPS) is 23.5. The maximum Gasteiger partial charge on any atom is 0.227 e. The maximum atomic E-state index is 12.6. The zero-order chi connectivity index (χ0) is 15.4. The Labute approximate surface area is 138 Å². The van der Waals surface area contributed by atoms with Gasteiger partial charge in [0.05, 0.1) is 6.42 Å². The Bertz CT molecular complexity index is 514. The molecule has 1 aromatic rings. The molecule has 0 saturated carbocycles. The molecule has 2 aliphatic heterocycles. The number of rotatable bonds is 3. The van der Waals surface area contributed by atoms with Crippen LogP contribution < -0.4 is 0 Å². The summed E-state index contributed by atoms with van der Waals surface area (Å²) in [5.74, 6) is 2.86. The van der Waals surface area contributed by atoms with E-state index < -0.39 is 0 Å². The first-order valence-electron chi connectivity index (χ1n) is 8.37. The number of amides is 1. The SMILES string of the molecule is Cc1cccc(CC(=O)N2CCCN(C3CCSC3)CC2)c1. The average Bonchev–Trinajstić information content (AvgIpc) is 2.92. The maximum absolute atomic E-state index is 12.6. The van der Waals surface area contributed by atoms with E-state index in [-0.39, 0.29) is 5.91 Å². The molecule has 0 aromatic heterocycles. The van der Waals surface area contributed by atoms with E-state index in [4.69, 9.17) is 0 Å². The van der Waals surface area contributed by atoms with Crippen LogP contribution >= 0.6 is 11.8 Å². The molecule has 3 nitrogen and oxygen atoms in total. The fraction of sp³-hybridized carbons (Fsp3) is 0.611. The van der Waals surface area contributed by atoms with Crippen LogP contribution in [0.5, 0.6) is 0 Å². The van der Waals surface area contributed by atoms with Crippen molar-refractivity contribution in [1.29, 1.82) is 0 Å². The molecule has 0 N–H and O–H groups in total. The van der Waals surface area contributed by atoms with Gasteiger partial charge in [0.25, 0.3) is 0 Å². The van der Waals surface area contributed by atoms with Crippen molar-refractivity contribution < 1.29 is 4.79 Å². The summed E-state index contributed by atoms with van der Waals surface area (Å²) in [5, 5.41) is 0. The first-order valence-corrected chi connectivity index (χ1v) is 9.53. The fourth-order valence-electron chi connectivity index (χ4n) is 3.47.